The molecule has 18 heavy (non-hydrogen) atoms. The first-order valence-electron chi connectivity index (χ1n) is 5.74. The molecular formula is C10H20N2O5S. The highest BCUT2D eigenvalue weighted by atomic mass is 32.2. The summed E-state index contributed by atoms with van der Waals surface area (Å²) in [4.78, 5) is 11.3. The summed E-state index contributed by atoms with van der Waals surface area (Å²) in [6.07, 6.45) is -0.349. The summed E-state index contributed by atoms with van der Waals surface area (Å²) in [6, 6.07) is -0.267. The van der Waals surface area contributed by atoms with Crippen LogP contribution in [0.1, 0.15) is 13.8 Å². The third-order valence-corrected chi connectivity index (χ3v) is 5.12. The number of sulfonamides is 1. The van der Waals surface area contributed by atoms with E-state index in [1.54, 1.807) is 6.92 Å². The predicted molar refractivity (Wildman–Crippen MR) is 65.4 cm³/mol. The van der Waals surface area contributed by atoms with Gasteiger partial charge < -0.3 is 15.2 Å². The third-order valence-electron chi connectivity index (χ3n) is 2.98. The Labute approximate surface area is 107 Å². The van der Waals surface area contributed by atoms with Crippen molar-refractivity contribution in [1.29, 1.82) is 0 Å². The molecule has 3 unspecified atom stereocenters. The van der Waals surface area contributed by atoms with Crippen molar-refractivity contribution in [3.63, 3.8) is 0 Å². The SMILES string of the molecule is COC(=O)C(C)S(=O)(=O)N1CCOC(C(C)N)C1. The lowest BCUT2D eigenvalue weighted by atomic mass is 10.2. The van der Waals surface area contributed by atoms with E-state index in [1.807, 2.05) is 0 Å². The minimum atomic E-state index is -3.72. The molecule has 1 rings (SSSR count). The Morgan fingerprint density at radius 3 is 2.61 bits per heavy atom. The number of esters is 1. The van der Waals surface area contributed by atoms with Crippen LogP contribution < -0.4 is 5.73 Å². The van der Waals surface area contributed by atoms with Crippen LogP contribution in [0.2, 0.25) is 0 Å². The summed E-state index contributed by atoms with van der Waals surface area (Å²) in [5.41, 5.74) is 5.70. The zero-order valence-electron chi connectivity index (χ0n) is 10.8. The molecule has 3 atom stereocenters. The van der Waals surface area contributed by atoms with Gasteiger partial charge in [-0.1, -0.05) is 0 Å². The minimum absolute atomic E-state index is 0.168. The number of rotatable bonds is 4. The van der Waals surface area contributed by atoms with Gasteiger partial charge in [0.2, 0.25) is 10.0 Å². The molecule has 1 saturated heterocycles. The van der Waals surface area contributed by atoms with E-state index in [0.29, 0.717) is 0 Å². The lowest BCUT2D eigenvalue weighted by Gasteiger charge is -2.34. The van der Waals surface area contributed by atoms with E-state index in [9.17, 15) is 13.2 Å². The number of nitrogens with zero attached hydrogens (tertiary/aromatic N) is 1. The van der Waals surface area contributed by atoms with Gasteiger partial charge >= 0.3 is 5.97 Å². The largest absolute Gasteiger partial charge is 0.468 e. The van der Waals surface area contributed by atoms with Gasteiger partial charge in [-0.05, 0) is 13.8 Å². The van der Waals surface area contributed by atoms with Gasteiger partial charge in [0.05, 0.1) is 19.8 Å². The van der Waals surface area contributed by atoms with Gasteiger partial charge in [0.1, 0.15) is 0 Å². The Kier molecular flexibility index (Phi) is 5.09. The fourth-order valence-electron chi connectivity index (χ4n) is 1.71. The quantitative estimate of drug-likeness (QED) is 0.658. The lowest BCUT2D eigenvalue weighted by molar-refractivity contribution is -0.139. The van der Waals surface area contributed by atoms with Crippen molar-refractivity contribution in [1.82, 2.24) is 4.31 Å². The number of carbonyl (C=O) groups excluding carboxylic acids is 1. The van der Waals surface area contributed by atoms with Gasteiger partial charge in [-0.25, -0.2) is 8.42 Å². The summed E-state index contributed by atoms with van der Waals surface area (Å²) >= 11 is 0. The number of hydrogen-bond acceptors (Lipinski definition) is 6. The molecular weight excluding hydrogens is 260 g/mol. The van der Waals surface area contributed by atoms with Gasteiger partial charge in [0.25, 0.3) is 0 Å². The molecule has 0 aromatic rings. The number of ether oxygens (including phenoxy) is 2. The zero-order chi connectivity index (χ0) is 13.9. The van der Waals surface area contributed by atoms with E-state index in [4.69, 9.17) is 10.5 Å². The molecule has 2 N–H and O–H groups in total. The van der Waals surface area contributed by atoms with Crippen molar-refractivity contribution < 1.29 is 22.7 Å². The van der Waals surface area contributed by atoms with E-state index < -0.39 is 21.2 Å². The first-order chi connectivity index (χ1) is 8.30. The number of methoxy groups -OCH3 is 1. The van der Waals surface area contributed by atoms with Crippen molar-refractivity contribution in [2.24, 2.45) is 5.73 Å². The highest BCUT2D eigenvalue weighted by Crippen LogP contribution is 2.16. The predicted octanol–water partition coefficient (Wildman–Crippen LogP) is -1.07. The van der Waals surface area contributed by atoms with Crippen LogP contribution in [-0.4, -0.2) is 62.9 Å². The van der Waals surface area contributed by atoms with Crippen LogP contribution in [0.25, 0.3) is 0 Å². The number of carbonyl (C=O) groups is 1. The molecule has 106 valence electrons. The standard InChI is InChI=1S/C10H20N2O5S/c1-7(11)9-6-12(4-5-17-9)18(14,15)8(2)10(13)16-3/h7-9H,4-6,11H2,1-3H3. The molecule has 0 aromatic carbocycles. The zero-order valence-corrected chi connectivity index (χ0v) is 11.6. The van der Waals surface area contributed by atoms with Crippen molar-refractivity contribution in [2.75, 3.05) is 26.8 Å². The van der Waals surface area contributed by atoms with Crippen LogP contribution in [0.4, 0.5) is 0 Å². The normalized spacial score (nSPS) is 25.4. The van der Waals surface area contributed by atoms with Crippen molar-refractivity contribution >= 4 is 16.0 Å². The fraction of sp³-hybridized carbons (Fsp3) is 0.900. The lowest BCUT2D eigenvalue weighted by Crippen LogP contribution is -2.53. The maximum Gasteiger partial charge on any atom is 0.325 e. The summed E-state index contributed by atoms with van der Waals surface area (Å²) in [6.45, 7) is 3.75. The van der Waals surface area contributed by atoms with Crippen molar-refractivity contribution in [3.05, 3.63) is 0 Å². The third kappa shape index (κ3) is 3.19. The van der Waals surface area contributed by atoms with Gasteiger partial charge in [0, 0.05) is 19.1 Å². The molecule has 1 heterocycles. The topological polar surface area (TPSA) is 98.9 Å². The second-order valence-corrected chi connectivity index (χ2v) is 6.59. The molecule has 0 amide bonds. The van der Waals surface area contributed by atoms with Crippen LogP contribution in [0.5, 0.6) is 0 Å². The number of hydrogen-bond donors (Lipinski definition) is 1. The van der Waals surface area contributed by atoms with Crippen molar-refractivity contribution in [2.45, 2.75) is 31.2 Å². The molecule has 1 aliphatic heterocycles. The van der Waals surface area contributed by atoms with Crippen LogP contribution in [-0.2, 0) is 24.3 Å². The van der Waals surface area contributed by atoms with Crippen LogP contribution >= 0.6 is 0 Å². The summed E-state index contributed by atoms with van der Waals surface area (Å²) in [5, 5.41) is -1.21. The molecule has 0 aromatic heterocycles. The highest BCUT2D eigenvalue weighted by molar-refractivity contribution is 7.90. The first kappa shape index (κ1) is 15.4. The van der Waals surface area contributed by atoms with Crippen LogP contribution in [0, 0.1) is 0 Å². The minimum Gasteiger partial charge on any atom is -0.468 e. The number of nitrogens with two attached hydrogens (primary N) is 1. The van der Waals surface area contributed by atoms with Gasteiger partial charge in [0.15, 0.2) is 5.25 Å². The summed E-state index contributed by atoms with van der Waals surface area (Å²) < 4.78 is 35.5. The molecule has 1 fully saturated rings. The van der Waals surface area contributed by atoms with E-state index in [-0.39, 0.29) is 31.8 Å². The second kappa shape index (κ2) is 5.96. The summed E-state index contributed by atoms with van der Waals surface area (Å²) in [7, 11) is -2.55. The molecule has 0 spiro atoms. The Morgan fingerprint density at radius 1 is 1.50 bits per heavy atom. The van der Waals surface area contributed by atoms with Gasteiger partial charge in [-0.15, -0.1) is 0 Å². The maximum absolute atomic E-state index is 12.2. The van der Waals surface area contributed by atoms with Gasteiger partial charge in [-0.2, -0.15) is 4.31 Å². The Morgan fingerprint density at radius 2 is 2.11 bits per heavy atom. The number of morpholine rings is 1. The highest BCUT2D eigenvalue weighted by Gasteiger charge is 2.38. The average molecular weight is 280 g/mol. The maximum atomic E-state index is 12.2. The van der Waals surface area contributed by atoms with E-state index in [0.717, 1.165) is 0 Å². The van der Waals surface area contributed by atoms with Crippen LogP contribution in [0.3, 0.4) is 0 Å². The smallest absolute Gasteiger partial charge is 0.325 e. The molecule has 0 bridgehead atoms. The second-order valence-electron chi connectivity index (χ2n) is 4.34. The van der Waals surface area contributed by atoms with Gasteiger partial charge in [-0.3, -0.25) is 4.79 Å². The first-order valence-corrected chi connectivity index (χ1v) is 7.25. The summed E-state index contributed by atoms with van der Waals surface area (Å²) in [5.74, 6) is -0.765. The molecule has 1 aliphatic rings. The fourth-order valence-corrected chi connectivity index (χ4v) is 3.18. The van der Waals surface area contributed by atoms with E-state index in [2.05, 4.69) is 4.74 Å². The molecule has 8 heteroatoms. The average Bonchev–Trinajstić information content (AvgIpc) is 2.36. The molecule has 0 radical (unpaired) electrons. The van der Waals surface area contributed by atoms with E-state index >= 15 is 0 Å². The Hall–Kier alpha value is -0.700. The van der Waals surface area contributed by atoms with E-state index in [1.165, 1.54) is 18.3 Å². The monoisotopic (exact) mass is 280 g/mol. The molecule has 0 aliphatic carbocycles. The van der Waals surface area contributed by atoms with Crippen molar-refractivity contribution in [3.8, 4) is 0 Å². The Balaban J connectivity index is 2.82. The molecule has 0 saturated carbocycles. The molecule has 7 nitrogen and oxygen atoms in total. The Bertz CT molecular complexity index is 395. The van der Waals surface area contributed by atoms with Crippen LogP contribution in [0.15, 0.2) is 0 Å².